The van der Waals surface area contributed by atoms with Crippen molar-refractivity contribution < 1.29 is 23.5 Å². The van der Waals surface area contributed by atoms with Crippen molar-refractivity contribution in [2.75, 3.05) is 11.9 Å². The fraction of sp³-hybridized carbons (Fsp3) is 0.500. The van der Waals surface area contributed by atoms with Gasteiger partial charge in [0.05, 0.1) is 11.8 Å². The first-order chi connectivity index (χ1) is 11.0. The smallest absolute Gasteiger partial charge is 0.313 e. The van der Waals surface area contributed by atoms with E-state index in [2.05, 4.69) is 5.32 Å². The molecule has 0 bridgehead atoms. The van der Waals surface area contributed by atoms with Gasteiger partial charge in [0.1, 0.15) is 11.6 Å². The summed E-state index contributed by atoms with van der Waals surface area (Å²) in [5.74, 6) is -3.55. The molecule has 1 unspecified atom stereocenters. The van der Waals surface area contributed by atoms with Crippen LogP contribution in [-0.2, 0) is 9.59 Å². The molecule has 126 valence electrons. The molecule has 1 aliphatic rings. The third-order valence-electron chi connectivity index (χ3n) is 4.05. The van der Waals surface area contributed by atoms with Crippen molar-refractivity contribution in [2.24, 2.45) is 5.92 Å². The van der Waals surface area contributed by atoms with E-state index in [0.717, 1.165) is 50.3 Å². The number of aliphatic hydroxyl groups is 1. The topological polar surface area (TPSA) is 78.4 Å². The molecule has 0 radical (unpaired) electrons. The minimum absolute atomic E-state index is 0.0391. The van der Waals surface area contributed by atoms with Gasteiger partial charge in [0.15, 0.2) is 0 Å². The highest BCUT2D eigenvalue weighted by Crippen LogP contribution is 2.26. The molecule has 1 fully saturated rings. The maximum Gasteiger partial charge on any atom is 0.313 e. The largest absolute Gasteiger partial charge is 0.391 e. The van der Waals surface area contributed by atoms with Crippen LogP contribution < -0.4 is 10.6 Å². The third-order valence-corrected chi connectivity index (χ3v) is 4.05. The third kappa shape index (κ3) is 4.99. The minimum atomic E-state index is -1.11. The van der Waals surface area contributed by atoms with Crippen molar-refractivity contribution in [3.05, 3.63) is 29.8 Å². The number of aliphatic hydroxyl groups excluding tert-OH is 1. The maximum absolute atomic E-state index is 13.4. The van der Waals surface area contributed by atoms with Gasteiger partial charge < -0.3 is 15.7 Å². The molecule has 1 aromatic carbocycles. The molecule has 1 aliphatic carbocycles. The van der Waals surface area contributed by atoms with E-state index in [1.54, 1.807) is 0 Å². The van der Waals surface area contributed by atoms with E-state index in [0.29, 0.717) is 0 Å². The van der Waals surface area contributed by atoms with Crippen molar-refractivity contribution >= 4 is 17.5 Å². The van der Waals surface area contributed by atoms with Crippen LogP contribution in [0.4, 0.5) is 14.5 Å². The van der Waals surface area contributed by atoms with E-state index in [9.17, 15) is 23.5 Å². The van der Waals surface area contributed by atoms with Gasteiger partial charge in [-0.3, -0.25) is 9.59 Å². The second kappa shape index (κ2) is 8.01. The fourth-order valence-electron chi connectivity index (χ4n) is 2.74. The summed E-state index contributed by atoms with van der Waals surface area (Å²) < 4.78 is 26.4. The van der Waals surface area contributed by atoms with Crippen molar-refractivity contribution in [2.45, 2.75) is 38.2 Å². The number of nitrogens with one attached hydrogen (secondary N) is 2. The Bertz CT molecular complexity index is 574. The summed E-state index contributed by atoms with van der Waals surface area (Å²) in [6, 6.07) is 2.55. The van der Waals surface area contributed by atoms with E-state index in [-0.39, 0.29) is 12.5 Å². The lowest BCUT2D eigenvalue weighted by atomic mass is 9.85. The lowest BCUT2D eigenvalue weighted by molar-refractivity contribution is -0.136. The van der Waals surface area contributed by atoms with Crippen LogP contribution in [0.1, 0.15) is 32.1 Å². The summed E-state index contributed by atoms with van der Waals surface area (Å²) in [5.41, 5.74) is -0.405. The number of amides is 2. The van der Waals surface area contributed by atoms with Crippen molar-refractivity contribution in [3.63, 3.8) is 0 Å². The second-order valence-electron chi connectivity index (χ2n) is 5.75. The van der Waals surface area contributed by atoms with Crippen LogP contribution in [0, 0.1) is 17.6 Å². The molecule has 2 rings (SSSR count). The predicted molar refractivity (Wildman–Crippen MR) is 80.6 cm³/mol. The Morgan fingerprint density at radius 3 is 2.57 bits per heavy atom. The molecule has 0 heterocycles. The molecule has 2 amide bonds. The normalized spacial score (nSPS) is 16.7. The van der Waals surface area contributed by atoms with Crippen LogP contribution in [0.15, 0.2) is 18.2 Å². The van der Waals surface area contributed by atoms with E-state index in [4.69, 9.17) is 0 Å². The number of carbonyl (C=O) groups excluding carboxylic acids is 2. The van der Waals surface area contributed by atoms with Crippen LogP contribution >= 0.6 is 0 Å². The predicted octanol–water partition coefficient (Wildman–Crippen LogP) is 1.96. The van der Waals surface area contributed by atoms with Gasteiger partial charge in [0, 0.05) is 12.6 Å². The summed E-state index contributed by atoms with van der Waals surface area (Å²) in [4.78, 5) is 23.4. The average Bonchev–Trinajstić information content (AvgIpc) is 2.56. The van der Waals surface area contributed by atoms with E-state index in [1.165, 1.54) is 0 Å². The Morgan fingerprint density at radius 1 is 1.17 bits per heavy atom. The summed E-state index contributed by atoms with van der Waals surface area (Å²) in [6.45, 7) is -0.0391. The Hall–Kier alpha value is -2.02. The monoisotopic (exact) mass is 326 g/mol. The van der Waals surface area contributed by atoms with E-state index >= 15 is 0 Å². The molecule has 1 atom stereocenters. The number of benzene rings is 1. The number of halogens is 2. The molecule has 3 N–H and O–H groups in total. The summed E-state index contributed by atoms with van der Waals surface area (Å²) in [6.07, 6.45) is 4.34. The summed E-state index contributed by atoms with van der Waals surface area (Å²) >= 11 is 0. The van der Waals surface area contributed by atoms with E-state index < -0.39 is 35.2 Å². The molecule has 7 heteroatoms. The highest BCUT2D eigenvalue weighted by molar-refractivity contribution is 6.39. The Balaban J connectivity index is 1.82. The number of hydrogen-bond donors (Lipinski definition) is 3. The average molecular weight is 326 g/mol. The van der Waals surface area contributed by atoms with Gasteiger partial charge in [-0.05, 0) is 30.9 Å². The molecular formula is C16H20F2N2O3. The second-order valence-corrected chi connectivity index (χ2v) is 5.75. The SMILES string of the molecule is O=C(NCC(O)C1CCCCC1)C(=O)Nc1cc(F)ccc1F. The van der Waals surface area contributed by atoms with Gasteiger partial charge in [0.2, 0.25) is 0 Å². The minimum Gasteiger partial charge on any atom is -0.391 e. The standard InChI is InChI=1S/C16H20F2N2O3/c17-11-6-7-12(18)13(8-11)20-16(23)15(22)19-9-14(21)10-4-2-1-3-5-10/h6-8,10,14,21H,1-5,9H2,(H,19,22)(H,20,23). The molecule has 0 spiro atoms. The van der Waals surface area contributed by atoms with Crippen LogP contribution in [0.2, 0.25) is 0 Å². The zero-order valence-electron chi connectivity index (χ0n) is 12.6. The quantitative estimate of drug-likeness (QED) is 0.740. The van der Waals surface area contributed by atoms with E-state index in [1.807, 2.05) is 5.32 Å². The van der Waals surface area contributed by atoms with Crippen LogP contribution in [-0.4, -0.2) is 29.6 Å². The number of carbonyl (C=O) groups is 2. The molecule has 0 saturated heterocycles. The fourth-order valence-corrected chi connectivity index (χ4v) is 2.74. The molecule has 23 heavy (non-hydrogen) atoms. The molecular weight excluding hydrogens is 306 g/mol. The first kappa shape index (κ1) is 17.3. The van der Waals surface area contributed by atoms with Crippen molar-refractivity contribution in [1.29, 1.82) is 0 Å². The molecule has 0 aliphatic heterocycles. The molecule has 5 nitrogen and oxygen atoms in total. The van der Waals surface area contributed by atoms with Gasteiger partial charge in [-0.15, -0.1) is 0 Å². The van der Waals surface area contributed by atoms with Crippen molar-refractivity contribution in [1.82, 2.24) is 5.32 Å². The first-order valence-electron chi connectivity index (χ1n) is 7.69. The Kier molecular flexibility index (Phi) is 6.04. The number of rotatable bonds is 4. The van der Waals surface area contributed by atoms with Crippen LogP contribution in [0.3, 0.4) is 0 Å². The summed E-state index contributed by atoms with van der Waals surface area (Å²) in [7, 11) is 0. The van der Waals surface area contributed by atoms with Gasteiger partial charge in [-0.1, -0.05) is 19.3 Å². The highest BCUT2D eigenvalue weighted by atomic mass is 19.1. The van der Waals surface area contributed by atoms with Gasteiger partial charge in [-0.2, -0.15) is 0 Å². The lowest BCUT2D eigenvalue weighted by Crippen LogP contribution is -2.42. The van der Waals surface area contributed by atoms with Crippen LogP contribution in [0.25, 0.3) is 0 Å². The first-order valence-corrected chi connectivity index (χ1v) is 7.69. The zero-order chi connectivity index (χ0) is 16.8. The zero-order valence-corrected chi connectivity index (χ0v) is 12.6. The van der Waals surface area contributed by atoms with Crippen LogP contribution in [0.5, 0.6) is 0 Å². The Morgan fingerprint density at radius 2 is 1.87 bits per heavy atom. The number of anilines is 1. The highest BCUT2D eigenvalue weighted by Gasteiger charge is 2.23. The molecule has 0 aromatic heterocycles. The summed E-state index contributed by atoms with van der Waals surface area (Å²) in [5, 5.41) is 14.3. The Labute approximate surface area is 133 Å². The maximum atomic E-state index is 13.4. The van der Waals surface area contributed by atoms with Gasteiger partial charge in [0.25, 0.3) is 0 Å². The molecule has 1 saturated carbocycles. The van der Waals surface area contributed by atoms with Gasteiger partial charge in [-0.25, -0.2) is 8.78 Å². The molecule has 1 aromatic rings. The van der Waals surface area contributed by atoms with Gasteiger partial charge >= 0.3 is 11.8 Å². The van der Waals surface area contributed by atoms with Crippen molar-refractivity contribution in [3.8, 4) is 0 Å². The lowest BCUT2D eigenvalue weighted by Gasteiger charge is -2.26. The number of hydrogen-bond acceptors (Lipinski definition) is 3.